The number of carbonyl (C=O) groups excluding carboxylic acids is 1. The lowest BCUT2D eigenvalue weighted by Gasteiger charge is -2.22. The molecule has 4 nitrogen and oxygen atoms in total. The Morgan fingerprint density at radius 1 is 1.20 bits per heavy atom. The van der Waals surface area contributed by atoms with Gasteiger partial charge in [0.25, 0.3) is 5.91 Å². The van der Waals surface area contributed by atoms with Crippen LogP contribution in [0.1, 0.15) is 16.8 Å². The van der Waals surface area contributed by atoms with E-state index in [1.807, 2.05) is 4.90 Å². The molecule has 1 amide bonds. The molecule has 0 bridgehead atoms. The summed E-state index contributed by atoms with van der Waals surface area (Å²) in [7, 11) is 0. The summed E-state index contributed by atoms with van der Waals surface area (Å²) in [4.78, 5) is 16.5. The maximum atomic E-state index is 12.5. The van der Waals surface area contributed by atoms with Gasteiger partial charge in [0.05, 0.1) is 17.2 Å². The van der Waals surface area contributed by atoms with Crippen LogP contribution in [0, 0.1) is 0 Å². The topological polar surface area (TPSA) is 43.8 Å². The number of hydrogen-bond acceptors (Lipinski definition) is 3. The van der Waals surface area contributed by atoms with E-state index in [2.05, 4.69) is 4.90 Å². The lowest BCUT2D eigenvalue weighted by molar-refractivity contribution is 0.0760. The first-order valence-electron chi connectivity index (χ1n) is 6.69. The number of aliphatic hydroxyl groups excluding tert-OH is 1. The van der Waals surface area contributed by atoms with Gasteiger partial charge in [-0.25, -0.2) is 0 Å². The largest absolute Gasteiger partial charge is 0.395 e. The van der Waals surface area contributed by atoms with E-state index in [4.69, 9.17) is 28.3 Å². The number of carbonyl (C=O) groups is 1. The normalized spacial score (nSPS) is 17.1. The Morgan fingerprint density at radius 2 is 2.00 bits per heavy atom. The fraction of sp³-hybridized carbons (Fsp3) is 0.500. The van der Waals surface area contributed by atoms with Crippen LogP contribution in [0.15, 0.2) is 18.2 Å². The molecule has 0 unspecified atom stereocenters. The number of hydrogen-bond donors (Lipinski definition) is 1. The summed E-state index contributed by atoms with van der Waals surface area (Å²) in [5, 5.41) is 9.89. The molecule has 1 N–H and O–H groups in total. The second kappa shape index (κ2) is 7.27. The van der Waals surface area contributed by atoms with Gasteiger partial charge in [0.2, 0.25) is 0 Å². The lowest BCUT2D eigenvalue weighted by Crippen LogP contribution is -2.36. The van der Waals surface area contributed by atoms with E-state index < -0.39 is 0 Å². The van der Waals surface area contributed by atoms with Crippen LogP contribution in [0.2, 0.25) is 10.0 Å². The van der Waals surface area contributed by atoms with Gasteiger partial charge in [0.15, 0.2) is 0 Å². The Balaban J connectivity index is 2.05. The van der Waals surface area contributed by atoms with E-state index in [9.17, 15) is 4.79 Å². The van der Waals surface area contributed by atoms with Crippen LogP contribution >= 0.6 is 23.2 Å². The minimum Gasteiger partial charge on any atom is -0.395 e. The van der Waals surface area contributed by atoms with Crippen molar-refractivity contribution in [3.8, 4) is 0 Å². The smallest absolute Gasteiger partial charge is 0.255 e. The van der Waals surface area contributed by atoms with Crippen molar-refractivity contribution in [1.82, 2.24) is 9.80 Å². The lowest BCUT2D eigenvalue weighted by atomic mass is 10.2. The summed E-state index contributed by atoms with van der Waals surface area (Å²) in [5.74, 6) is -0.0579. The molecule has 20 heavy (non-hydrogen) atoms. The minimum absolute atomic E-state index is 0.0579. The van der Waals surface area contributed by atoms with E-state index in [0.29, 0.717) is 35.2 Å². The Bertz CT molecular complexity index is 482. The summed E-state index contributed by atoms with van der Waals surface area (Å²) in [6, 6.07) is 4.94. The molecule has 0 atom stereocenters. The molecule has 0 spiro atoms. The third-order valence-corrected chi connectivity index (χ3v) is 4.00. The quantitative estimate of drug-likeness (QED) is 0.929. The summed E-state index contributed by atoms with van der Waals surface area (Å²) in [6.07, 6.45) is 0.900. The van der Waals surface area contributed by atoms with Crippen molar-refractivity contribution < 1.29 is 9.90 Å². The molecule has 1 heterocycles. The summed E-state index contributed by atoms with van der Waals surface area (Å²) in [6.45, 7) is 3.84. The first-order chi connectivity index (χ1) is 9.61. The Labute approximate surface area is 128 Å². The molecule has 0 saturated carbocycles. The molecule has 1 aromatic carbocycles. The van der Waals surface area contributed by atoms with Gasteiger partial charge >= 0.3 is 0 Å². The van der Waals surface area contributed by atoms with Crippen molar-refractivity contribution in [3.63, 3.8) is 0 Å². The molecular weight excluding hydrogens is 299 g/mol. The highest BCUT2D eigenvalue weighted by atomic mass is 35.5. The van der Waals surface area contributed by atoms with E-state index in [0.717, 1.165) is 19.5 Å². The van der Waals surface area contributed by atoms with Crippen LogP contribution in [0.3, 0.4) is 0 Å². The van der Waals surface area contributed by atoms with Crippen molar-refractivity contribution in [2.75, 3.05) is 39.3 Å². The van der Waals surface area contributed by atoms with Gasteiger partial charge in [-0.15, -0.1) is 0 Å². The van der Waals surface area contributed by atoms with Gasteiger partial charge in [0, 0.05) is 31.2 Å². The fourth-order valence-electron chi connectivity index (χ4n) is 2.37. The van der Waals surface area contributed by atoms with Crippen LogP contribution in [0.4, 0.5) is 0 Å². The van der Waals surface area contributed by atoms with E-state index in [1.165, 1.54) is 0 Å². The fourth-order valence-corrected chi connectivity index (χ4v) is 2.86. The van der Waals surface area contributed by atoms with Crippen molar-refractivity contribution in [1.29, 1.82) is 0 Å². The predicted octanol–water partition coefficient (Wildman–Crippen LogP) is 2.13. The Morgan fingerprint density at radius 3 is 2.70 bits per heavy atom. The summed E-state index contributed by atoms with van der Waals surface area (Å²) < 4.78 is 0. The number of amides is 1. The standard InChI is InChI=1S/C14H18Cl2N2O2/c15-11-2-3-12(13(16)10-11)14(20)18-5-1-4-17(6-7-18)8-9-19/h2-3,10,19H,1,4-9H2. The van der Waals surface area contributed by atoms with Gasteiger partial charge < -0.3 is 10.0 Å². The van der Waals surface area contributed by atoms with Crippen LogP contribution in [0.25, 0.3) is 0 Å². The Kier molecular flexibility index (Phi) is 5.66. The molecule has 0 aliphatic carbocycles. The molecule has 110 valence electrons. The van der Waals surface area contributed by atoms with E-state index in [1.54, 1.807) is 18.2 Å². The zero-order valence-corrected chi connectivity index (χ0v) is 12.7. The summed E-state index contributed by atoms with van der Waals surface area (Å²) in [5.41, 5.74) is 0.492. The highest BCUT2D eigenvalue weighted by Gasteiger charge is 2.21. The number of nitrogens with zero attached hydrogens (tertiary/aromatic N) is 2. The third kappa shape index (κ3) is 3.85. The van der Waals surface area contributed by atoms with Crippen molar-refractivity contribution in [3.05, 3.63) is 33.8 Å². The highest BCUT2D eigenvalue weighted by molar-refractivity contribution is 6.36. The Hall–Kier alpha value is -0.810. The number of aliphatic hydroxyl groups is 1. The van der Waals surface area contributed by atoms with Crippen molar-refractivity contribution >= 4 is 29.1 Å². The average Bonchev–Trinajstić information content (AvgIpc) is 2.64. The third-order valence-electron chi connectivity index (χ3n) is 3.45. The zero-order chi connectivity index (χ0) is 14.5. The molecule has 0 aromatic heterocycles. The maximum absolute atomic E-state index is 12.5. The first-order valence-corrected chi connectivity index (χ1v) is 7.45. The minimum atomic E-state index is -0.0579. The molecule has 1 aromatic rings. The van der Waals surface area contributed by atoms with Crippen LogP contribution < -0.4 is 0 Å². The number of rotatable bonds is 3. The number of benzene rings is 1. The molecule has 0 radical (unpaired) electrons. The molecule has 1 aliphatic rings. The van der Waals surface area contributed by atoms with E-state index >= 15 is 0 Å². The molecule has 1 saturated heterocycles. The van der Waals surface area contributed by atoms with Crippen LogP contribution in [0.5, 0.6) is 0 Å². The number of halogens is 2. The van der Waals surface area contributed by atoms with Gasteiger partial charge in [-0.1, -0.05) is 23.2 Å². The van der Waals surface area contributed by atoms with Gasteiger partial charge in [-0.2, -0.15) is 0 Å². The highest BCUT2D eigenvalue weighted by Crippen LogP contribution is 2.22. The summed E-state index contributed by atoms with van der Waals surface area (Å²) >= 11 is 11.9. The predicted molar refractivity (Wildman–Crippen MR) is 80.5 cm³/mol. The van der Waals surface area contributed by atoms with Crippen LogP contribution in [-0.4, -0.2) is 60.1 Å². The van der Waals surface area contributed by atoms with Gasteiger partial charge in [0.1, 0.15) is 0 Å². The second-order valence-electron chi connectivity index (χ2n) is 4.84. The molecule has 6 heteroatoms. The first kappa shape index (κ1) is 15.6. The molecule has 1 fully saturated rings. The number of β-amino-alcohol motifs (C(OH)–C–C–N with tert-alkyl or cyclic N) is 1. The zero-order valence-electron chi connectivity index (χ0n) is 11.2. The molecule has 2 rings (SSSR count). The SMILES string of the molecule is O=C(c1ccc(Cl)cc1Cl)N1CCCN(CCO)CC1. The maximum Gasteiger partial charge on any atom is 0.255 e. The second-order valence-corrected chi connectivity index (χ2v) is 5.68. The van der Waals surface area contributed by atoms with Crippen molar-refractivity contribution in [2.24, 2.45) is 0 Å². The van der Waals surface area contributed by atoms with Crippen molar-refractivity contribution in [2.45, 2.75) is 6.42 Å². The van der Waals surface area contributed by atoms with Gasteiger partial charge in [-0.3, -0.25) is 9.69 Å². The van der Waals surface area contributed by atoms with E-state index in [-0.39, 0.29) is 12.5 Å². The molecule has 1 aliphatic heterocycles. The van der Waals surface area contributed by atoms with Gasteiger partial charge in [-0.05, 0) is 31.2 Å². The monoisotopic (exact) mass is 316 g/mol. The molecular formula is C14H18Cl2N2O2. The average molecular weight is 317 g/mol. The van der Waals surface area contributed by atoms with Crippen LogP contribution in [-0.2, 0) is 0 Å².